The molecule has 2 aromatic heterocycles. The average Bonchev–Trinajstić information content (AvgIpc) is 3.26. The predicted octanol–water partition coefficient (Wildman–Crippen LogP) is 6.80. The van der Waals surface area contributed by atoms with Crippen molar-refractivity contribution in [1.82, 2.24) is 15.3 Å². The van der Waals surface area contributed by atoms with Crippen LogP contribution < -0.4 is 5.32 Å². The average molecular weight is 502 g/mol. The van der Waals surface area contributed by atoms with Crippen LogP contribution in [-0.2, 0) is 17.6 Å². The first-order valence-corrected chi connectivity index (χ1v) is 11.8. The van der Waals surface area contributed by atoms with E-state index in [1.807, 2.05) is 48.7 Å². The molecule has 0 aliphatic rings. The second-order valence-corrected chi connectivity index (χ2v) is 9.02. The molecular formula is C29H22ClF2N3O. The van der Waals surface area contributed by atoms with Gasteiger partial charge in [-0.3, -0.25) is 9.78 Å². The van der Waals surface area contributed by atoms with E-state index in [9.17, 15) is 13.6 Å². The number of H-pyrrole nitrogens is 1. The Morgan fingerprint density at radius 1 is 0.972 bits per heavy atom. The van der Waals surface area contributed by atoms with Gasteiger partial charge in [-0.2, -0.15) is 0 Å². The number of carbonyl (C=O) groups is 1. The summed E-state index contributed by atoms with van der Waals surface area (Å²) in [5, 5.41) is 4.63. The highest BCUT2D eigenvalue weighted by molar-refractivity contribution is 6.30. The molecule has 2 N–H and O–H groups in total. The molecular weight excluding hydrogens is 480 g/mol. The summed E-state index contributed by atoms with van der Waals surface area (Å²) in [4.78, 5) is 21.0. The van der Waals surface area contributed by atoms with E-state index in [0.717, 1.165) is 33.7 Å². The largest absolute Gasteiger partial charge is 0.361 e. The van der Waals surface area contributed by atoms with Crippen molar-refractivity contribution in [3.63, 3.8) is 0 Å². The number of aromatic amines is 1. The quantitative estimate of drug-likeness (QED) is 0.257. The van der Waals surface area contributed by atoms with Crippen LogP contribution >= 0.6 is 11.6 Å². The second kappa shape index (κ2) is 10.3. The number of halogens is 3. The molecule has 0 saturated heterocycles. The molecule has 0 aliphatic heterocycles. The van der Waals surface area contributed by atoms with Gasteiger partial charge in [-0.05, 0) is 59.5 Å². The highest BCUT2D eigenvalue weighted by Gasteiger charge is 2.22. The SMILES string of the molecule is O=C(Cc1c[nH]c2ccccc12)NC(Cc1cc(F)cc(F)c1)c1ncccc1-c1ccc(Cl)cc1. The first kappa shape index (κ1) is 23.7. The second-order valence-electron chi connectivity index (χ2n) is 8.58. The van der Waals surface area contributed by atoms with Crippen LogP contribution in [0.3, 0.4) is 0 Å². The number of benzene rings is 3. The van der Waals surface area contributed by atoms with Crippen LogP contribution in [0.4, 0.5) is 8.78 Å². The molecule has 1 amide bonds. The summed E-state index contributed by atoms with van der Waals surface area (Å²) >= 11 is 6.07. The fraction of sp³-hybridized carbons (Fsp3) is 0.103. The van der Waals surface area contributed by atoms with Crippen molar-refractivity contribution in [2.75, 3.05) is 0 Å². The Morgan fingerprint density at radius 2 is 1.72 bits per heavy atom. The van der Waals surface area contributed by atoms with Crippen molar-refractivity contribution < 1.29 is 13.6 Å². The van der Waals surface area contributed by atoms with Gasteiger partial charge in [-0.15, -0.1) is 0 Å². The molecule has 2 heterocycles. The number of nitrogens with one attached hydrogen (secondary N) is 2. The van der Waals surface area contributed by atoms with Gasteiger partial charge < -0.3 is 10.3 Å². The van der Waals surface area contributed by atoms with E-state index in [1.165, 1.54) is 12.1 Å². The van der Waals surface area contributed by atoms with E-state index in [1.54, 1.807) is 24.4 Å². The Balaban J connectivity index is 1.49. The van der Waals surface area contributed by atoms with E-state index in [0.29, 0.717) is 16.3 Å². The van der Waals surface area contributed by atoms with E-state index < -0.39 is 17.7 Å². The molecule has 0 fully saturated rings. The Labute approximate surface area is 212 Å². The van der Waals surface area contributed by atoms with E-state index in [-0.39, 0.29) is 18.7 Å². The Morgan fingerprint density at radius 3 is 2.50 bits per heavy atom. The Hall–Kier alpha value is -4.03. The van der Waals surface area contributed by atoms with Gasteiger partial charge in [0.2, 0.25) is 5.91 Å². The van der Waals surface area contributed by atoms with E-state index in [4.69, 9.17) is 11.6 Å². The van der Waals surface area contributed by atoms with E-state index >= 15 is 0 Å². The van der Waals surface area contributed by atoms with Crippen molar-refractivity contribution in [1.29, 1.82) is 0 Å². The van der Waals surface area contributed by atoms with Crippen molar-refractivity contribution >= 4 is 28.4 Å². The number of rotatable bonds is 7. The molecule has 4 nitrogen and oxygen atoms in total. The molecule has 1 atom stereocenters. The first-order valence-electron chi connectivity index (χ1n) is 11.5. The van der Waals surface area contributed by atoms with Gasteiger partial charge in [0, 0.05) is 39.9 Å². The summed E-state index contributed by atoms with van der Waals surface area (Å²) in [7, 11) is 0. The maximum absolute atomic E-state index is 14.0. The number of pyridine rings is 1. The Bertz CT molecular complexity index is 1510. The number of hydrogen-bond donors (Lipinski definition) is 2. The molecule has 0 radical (unpaired) electrons. The monoisotopic (exact) mass is 501 g/mol. The molecule has 36 heavy (non-hydrogen) atoms. The van der Waals surface area contributed by atoms with Gasteiger partial charge in [-0.1, -0.05) is 48.0 Å². The van der Waals surface area contributed by atoms with Crippen LogP contribution in [0.5, 0.6) is 0 Å². The lowest BCUT2D eigenvalue weighted by atomic mass is 9.95. The zero-order valence-corrected chi connectivity index (χ0v) is 19.9. The van der Waals surface area contributed by atoms with Crippen LogP contribution in [0.2, 0.25) is 5.02 Å². The summed E-state index contributed by atoms with van der Waals surface area (Å²) in [5.74, 6) is -1.57. The lowest BCUT2D eigenvalue weighted by Crippen LogP contribution is -2.32. The fourth-order valence-electron chi connectivity index (χ4n) is 4.45. The molecule has 7 heteroatoms. The summed E-state index contributed by atoms with van der Waals surface area (Å²) < 4.78 is 27.9. The van der Waals surface area contributed by atoms with Crippen LogP contribution in [0, 0.1) is 11.6 Å². The summed E-state index contributed by atoms with van der Waals surface area (Å²) in [5.41, 5.74) is 4.47. The highest BCUT2D eigenvalue weighted by Crippen LogP contribution is 2.30. The topological polar surface area (TPSA) is 57.8 Å². The lowest BCUT2D eigenvalue weighted by molar-refractivity contribution is -0.121. The number of nitrogens with zero attached hydrogens (tertiary/aromatic N) is 1. The number of hydrogen-bond acceptors (Lipinski definition) is 2. The summed E-state index contributed by atoms with van der Waals surface area (Å²) in [6.45, 7) is 0. The van der Waals surface area contributed by atoms with Crippen molar-refractivity contribution in [2.45, 2.75) is 18.9 Å². The molecule has 0 spiro atoms. The molecule has 0 aliphatic carbocycles. The summed E-state index contributed by atoms with van der Waals surface area (Å²) in [6, 6.07) is 21.5. The summed E-state index contributed by atoms with van der Waals surface area (Å²) in [6.07, 6.45) is 3.76. The van der Waals surface area contributed by atoms with Gasteiger partial charge in [-0.25, -0.2) is 8.78 Å². The Kier molecular flexibility index (Phi) is 6.78. The van der Waals surface area contributed by atoms with Crippen molar-refractivity contribution in [3.8, 4) is 11.1 Å². The third-order valence-corrected chi connectivity index (χ3v) is 6.30. The zero-order valence-electron chi connectivity index (χ0n) is 19.1. The predicted molar refractivity (Wildman–Crippen MR) is 138 cm³/mol. The maximum atomic E-state index is 14.0. The first-order chi connectivity index (χ1) is 17.5. The van der Waals surface area contributed by atoms with Crippen LogP contribution in [-0.4, -0.2) is 15.9 Å². The minimum absolute atomic E-state index is 0.140. The fourth-order valence-corrected chi connectivity index (χ4v) is 4.57. The lowest BCUT2D eigenvalue weighted by Gasteiger charge is -2.22. The molecule has 180 valence electrons. The standard InChI is InChI=1S/C29H22ClF2N3O/c30-21-9-7-19(8-10-21)25-5-3-11-33-29(25)27(14-18-12-22(31)16-23(32)13-18)35-28(36)15-20-17-34-26-6-2-1-4-24(20)26/h1-13,16-17,27,34H,14-15H2,(H,35,36). The third kappa shape index (κ3) is 5.29. The minimum atomic E-state index is -0.673. The van der Waals surface area contributed by atoms with Crippen molar-refractivity contribution in [3.05, 3.63) is 125 Å². The van der Waals surface area contributed by atoms with Crippen LogP contribution in [0.1, 0.15) is 22.9 Å². The maximum Gasteiger partial charge on any atom is 0.225 e. The number of carbonyl (C=O) groups excluding carboxylic acids is 1. The smallest absolute Gasteiger partial charge is 0.225 e. The molecule has 1 unspecified atom stereocenters. The minimum Gasteiger partial charge on any atom is -0.361 e. The zero-order chi connectivity index (χ0) is 25.1. The number of amides is 1. The normalized spacial score (nSPS) is 12.0. The van der Waals surface area contributed by atoms with Gasteiger partial charge in [0.15, 0.2) is 0 Å². The van der Waals surface area contributed by atoms with Gasteiger partial charge >= 0.3 is 0 Å². The van der Waals surface area contributed by atoms with Gasteiger partial charge in [0.25, 0.3) is 0 Å². The number of aromatic nitrogens is 2. The molecule has 0 bridgehead atoms. The molecule has 0 saturated carbocycles. The van der Waals surface area contributed by atoms with E-state index in [2.05, 4.69) is 15.3 Å². The highest BCUT2D eigenvalue weighted by atomic mass is 35.5. The van der Waals surface area contributed by atoms with Gasteiger partial charge in [0.05, 0.1) is 18.2 Å². The van der Waals surface area contributed by atoms with Crippen LogP contribution in [0.25, 0.3) is 22.0 Å². The van der Waals surface area contributed by atoms with Crippen LogP contribution in [0.15, 0.2) is 91.3 Å². The molecule has 3 aromatic carbocycles. The van der Waals surface area contributed by atoms with Crippen molar-refractivity contribution in [2.24, 2.45) is 0 Å². The molecule has 5 rings (SSSR count). The van der Waals surface area contributed by atoms with Gasteiger partial charge in [0.1, 0.15) is 11.6 Å². The number of fused-ring (bicyclic) bond motifs is 1. The molecule has 5 aromatic rings. The number of para-hydroxylation sites is 1. The third-order valence-electron chi connectivity index (χ3n) is 6.05.